The second-order valence-electron chi connectivity index (χ2n) is 7.90. The normalized spacial score (nSPS) is 16.3. The van der Waals surface area contributed by atoms with Gasteiger partial charge in [-0.1, -0.05) is 31.4 Å². The van der Waals surface area contributed by atoms with Crippen molar-refractivity contribution in [2.24, 2.45) is 0 Å². The third kappa shape index (κ3) is 5.97. The summed E-state index contributed by atoms with van der Waals surface area (Å²) in [5, 5.41) is 5.92. The number of hydrogen-bond acceptors (Lipinski definition) is 4. The molecule has 1 fully saturated rings. The quantitative estimate of drug-likeness (QED) is 0.647. The fraction of sp³-hybridized carbons (Fsp3) is 0.609. The van der Waals surface area contributed by atoms with Gasteiger partial charge in [0, 0.05) is 20.0 Å². The number of benzene rings is 1. The maximum atomic E-state index is 13.2. The smallest absolute Gasteiger partial charge is 0.248 e. The molecule has 1 saturated carbocycles. The average Bonchev–Trinajstić information content (AvgIpc) is 2.74. The lowest BCUT2D eigenvalue weighted by molar-refractivity contribution is -0.143. The van der Waals surface area contributed by atoms with Crippen LogP contribution in [0.2, 0.25) is 0 Å². The largest absolute Gasteiger partial charge is 0.497 e. The van der Waals surface area contributed by atoms with Crippen molar-refractivity contribution in [1.82, 2.24) is 15.5 Å². The van der Waals surface area contributed by atoms with Crippen molar-refractivity contribution in [3.05, 3.63) is 29.8 Å². The minimum atomic E-state index is -0.845. The van der Waals surface area contributed by atoms with E-state index >= 15 is 0 Å². The zero-order valence-electron chi connectivity index (χ0n) is 18.6. The molecule has 0 heterocycles. The minimum Gasteiger partial charge on any atom is -0.497 e. The second kappa shape index (κ2) is 11.0. The van der Waals surface area contributed by atoms with E-state index in [-0.39, 0.29) is 24.1 Å². The summed E-state index contributed by atoms with van der Waals surface area (Å²) in [7, 11) is 1.59. The zero-order valence-corrected chi connectivity index (χ0v) is 18.6. The molecule has 0 bridgehead atoms. The van der Waals surface area contributed by atoms with E-state index in [1.54, 1.807) is 24.1 Å². The van der Waals surface area contributed by atoms with E-state index in [1.807, 2.05) is 26.0 Å². The summed E-state index contributed by atoms with van der Waals surface area (Å²) in [6, 6.07) is 6.80. The van der Waals surface area contributed by atoms with E-state index in [4.69, 9.17) is 4.74 Å². The highest BCUT2D eigenvalue weighted by molar-refractivity contribution is 5.92. The summed E-state index contributed by atoms with van der Waals surface area (Å²) < 4.78 is 5.19. The molecule has 0 aromatic heterocycles. The molecule has 30 heavy (non-hydrogen) atoms. The number of nitrogens with one attached hydrogen (secondary N) is 2. The van der Waals surface area contributed by atoms with Crippen LogP contribution in [0.25, 0.3) is 0 Å². The van der Waals surface area contributed by atoms with Gasteiger partial charge in [0.1, 0.15) is 11.3 Å². The number of methoxy groups -OCH3 is 1. The Labute approximate surface area is 179 Å². The molecular weight excluding hydrogens is 382 g/mol. The van der Waals surface area contributed by atoms with Crippen molar-refractivity contribution in [2.75, 3.05) is 20.2 Å². The van der Waals surface area contributed by atoms with Gasteiger partial charge in [-0.2, -0.15) is 0 Å². The highest BCUT2D eigenvalue weighted by atomic mass is 16.5. The van der Waals surface area contributed by atoms with Gasteiger partial charge in [-0.05, 0) is 44.4 Å². The van der Waals surface area contributed by atoms with Crippen LogP contribution in [0.4, 0.5) is 0 Å². The zero-order chi connectivity index (χ0) is 22.1. The standard InChI is InChI=1S/C23H35N3O4/c1-5-26(6-2)22(29)23(14-8-7-9-15-23)25-21(28)16-20(24-17(3)27)18-10-12-19(30-4)13-11-18/h10-13,20H,5-9,14-16H2,1-4H3,(H,24,27)(H,25,28). The third-order valence-corrected chi connectivity index (χ3v) is 5.83. The first-order valence-corrected chi connectivity index (χ1v) is 10.9. The third-order valence-electron chi connectivity index (χ3n) is 5.83. The molecule has 1 aromatic carbocycles. The first-order valence-electron chi connectivity index (χ1n) is 10.9. The van der Waals surface area contributed by atoms with Crippen LogP contribution in [0.3, 0.4) is 0 Å². The lowest BCUT2D eigenvalue weighted by atomic mass is 9.80. The van der Waals surface area contributed by atoms with Gasteiger partial charge in [-0.25, -0.2) is 0 Å². The second-order valence-corrected chi connectivity index (χ2v) is 7.90. The summed E-state index contributed by atoms with van der Waals surface area (Å²) in [4.78, 5) is 39.8. The van der Waals surface area contributed by atoms with E-state index in [1.165, 1.54) is 6.92 Å². The van der Waals surface area contributed by atoms with Gasteiger partial charge in [-0.3, -0.25) is 14.4 Å². The van der Waals surface area contributed by atoms with Gasteiger partial charge in [0.15, 0.2) is 0 Å². The number of likely N-dealkylation sites (N-methyl/N-ethyl adjacent to an activating group) is 1. The molecule has 2 rings (SSSR count). The molecule has 7 nitrogen and oxygen atoms in total. The Hall–Kier alpha value is -2.57. The van der Waals surface area contributed by atoms with Crippen molar-refractivity contribution >= 4 is 17.7 Å². The van der Waals surface area contributed by atoms with Crippen LogP contribution in [0.1, 0.15) is 70.9 Å². The Kier molecular flexibility index (Phi) is 8.69. The van der Waals surface area contributed by atoms with Crippen molar-refractivity contribution < 1.29 is 19.1 Å². The lowest BCUT2D eigenvalue weighted by Gasteiger charge is -2.40. The molecule has 1 aliphatic carbocycles. The molecule has 0 saturated heterocycles. The Morgan fingerprint density at radius 1 is 1.07 bits per heavy atom. The molecule has 0 spiro atoms. The van der Waals surface area contributed by atoms with E-state index < -0.39 is 11.6 Å². The van der Waals surface area contributed by atoms with Gasteiger partial charge in [-0.15, -0.1) is 0 Å². The van der Waals surface area contributed by atoms with Crippen molar-refractivity contribution in [3.63, 3.8) is 0 Å². The molecular formula is C23H35N3O4. The van der Waals surface area contributed by atoms with Crippen molar-refractivity contribution in [3.8, 4) is 5.75 Å². The number of carbonyl (C=O) groups excluding carboxylic acids is 3. The van der Waals surface area contributed by atoms with E-state index in [2.05, 4.69) is 10.6 Å². The topological polar surface area (TPSA) is 87.7 Å². The molecule has 1 aromatic rings. The predicted molar refractivity (Wildman–Crippen MR) is 116 cm³/mol. The number of nitrogens with zero attached hydrogens (tertiary/aromatic N) is 1. The summed E-state index contributed by atoms with van der Waals surface area (Å²) >= 11 is 0. The fourth-order valence-corrected chi connectivity index (χ4v) is 4.20. The van der Waals surface area contributed by atoms with Crippen LogP contribution >= 0.6 is 0 Å². The number of carbonyl (C=O) groups is 3. The summed E-state index contributed by atoms with van der Waals surface area (Å²) in [5.74, 6) is 0.263. The summed E-state index contributed by atoms with van der Waals surface area (Å²) in [6.07, 6.45) is 4.29. The van der Waals surface area contributed by atoms with E-state index in [0.717, 1.165) is 24.8 Å². The van der Waals surface area contributed by atoms with Gasteiger partial charge >= 0.3 is 0 Å². The number of amides is 3. The molecule has 1 aliphatic rings. The van der Waals surface area contributed by atoms with Gasteiger partial charge < -0.3 is 20.3 Å². The summed E-state index contributed by atoms with van der Waals surface area (Å²) in [5.41, 5.74) is -0.0314. The van der Waals surface area contributed by atoms with Crippen molar-refractivity contribution in [1.29, 1.82) is 0 Å². The van der Waals surface area contributed by atoms with E-state index in [9.17, 15) is 14.4 Å². The molecule has 0 aliphatic heterocycles. The highest BCUT2D eigenvalue weighted by Crippen LogP contribution is 2.31. The maximum Gasteiger partial charge on any atom is 0.248 e. The molecule has 166 valence electrons. The number of rotatable bonds is 9. The number of hydrogen-bond donors (Lipinski definition) is 2. The van der Waals surface area contributed by atoms with Crippen LogP contribution in [0, 0.1) is 0 Å². The number of ether oxygens (including phenoxy) is 1. The molecule has 2 N–H and O–H groups in total. The Morgan fingerprint density at radius 3 is 2.17 bits per heavy atom. The highest BCUT2D eigenvalue weighted by Gasteiger charge is 2.42. The van der Waals surface area contributed by atoms with Crippen LogP contribution in [-0.2, 0) is 14.4 Å². The minimum absolute atomic E-state index is 0.000995. The Morgan fingerprint density at radius 2 is 1.67 bits per heavy atom. The van der Waals surface area contributed by atoms with Crippen LogP contribution in [0.5, 0.6) is 5.75 Å². The first kappa shape index (κ1) is 23.7. The monoisotopic (exact) mass is 417 g/mol. The molecule has 1 atom stereocenters. The lowest BCUT2D eigenvalue weighted by Crippen LogP contribution is -2.60. The molecule has 1 unspecified atom stereocenters. The molecule has 0 radical (unpaired) electrons. The van der Waals surface area contributed by atoms with Crippen LogP contribution in [-0.4, -0.2) is 48.4 Å². The van der Waals surface area contributed by atoms with Crippen LogP contribution < -0.4 is 15.4 Å². The maximum absolute atomic E-state index is 13.2. The molecule has 3 amide bonds. The fourth-order valence-electron chi connectivity index (χ4n) is 4.20. The van der Waals surface area contributed by atoms with Crippen LogP contribution in [0.15, 0.2) is 24.3 Å². The Bertz CT molecular complexity index is 722. The van der Waals surface area contributed by atoms with E-state index in [0.29, 0.717) is 31.7 Å². The SMILES string of the molecule is CCN(CC)C(=O)C1(NC(=O)CC(NC(C)=O)c2ccc(OC)cc2)CCCCC1. The predicted octanol–water partition coefficient (Wildman–Crippen LogP) is 2.95. The van der Waals surface area contributed by atoms with Gasteiger partial charge in [0.25, 0.3) is 0 Å². The van der Waals surface area contributed by atoms with Crippen molar-refractivity contribution in [2.45, 2.75) is 70.9 Å². The average molecular weight is 418 g/mol. The first-order chi connectivity index (χ1) is 14.3. The van der Waals surface area contributed by atoms with Gasteiger partial charge in [0.2, 0.25) is 17.7 Å². The Balaban J connectivity index is 2.19. The molecule has 7 heteroatoms. The summed E-state index contributed by atoms with van der Waals surface area (Å²) in [6.45, 7) is 6.58. The van der Waals surface area contributed by atoms with Gasteiger partial charge in [0.05, 0.1) is 19.6 Å².